The first-order valence-electron chi connectivity index (χ1n) is 9.59. The van der Waals surface area contributed by atoms with E-state index in [1.54, 1.807) is 20.3 Å². The van der Waals surface area contributed by atoms with Crippen molar-refractivity contribution in [3.63, 3.8) is 0 Å². The number of nitrogens with zero attached hydrogens (tertiary/aromatic N) is 2. The van der Waals surface area contributed by atoms with Gasteiger partial charge in [-0.05, 0) is 50.6 Å². The summed E-state index contributed by atoms with van der Waals surface area (Å²) in [4.78, 5) is 15.2. The maximum absolute atomic E-state index is 12.6. The molecule has 0 radical (unpaired) electrons. The molecule has 0 bridgehead atoms. The van der Waals surface area contributed by atoms with Gasteiger partial charge in [0.2, 0.25) is 0 Å². The predicted octanol–water partition coefficient (Wildman–Crippen LogP) is 3.03. The van der Waals surface area contributed by atoms with Gasteiger partial charge in [-0.25, -0.2) is 0 Å². The molecular formula is C21H27N3O3. The number of carbonyl (C=O) groups excluding carboxylic acids is 1. The lowest BCUT2D eigenvalue weighted by atomic mass is 10.1. The summed E-state index contributed by atoms with van der Waals surface area (Å²) in [6.07, 6.45) is 3.90. The van der Waals surface area contributed by atoms with Crippen molar-refractivity contribution in [1.82, 2.24) is 14.8 Å². The van der Waals surface area contributed by atoms with Crippen LogP contribution in [0.1, 0.15) is 46.6 Å². The largest absolute Gasteiger partial charge is 0.493 e. The Kier molecular flexibility index (Phi) is 4.83. The topological polar surface area (TPSA) is 55.7 Å². The van der Waals surface area contributed by atoms with E-state index in [-0.39, 0.29) is 5.91 Å². The van der Waals surface area contributed by atoms with E-state index in [1.165, 1.54) is 30.5 Å². The summed E-state index contributed by atoms with van der Waals surface area (Å²) >= 11 is 0. The summed E-state index contributed by atoms with van der Waals surface area (Å²) in [5, 5.41) is 3.02. The van der Waals surface area contributed by atoms with Crippen LogP contribution in [-0.4, -0.2) is 42.7 Å². The van der Waals surface area contributed by atoms with Gasteiger partial charge in [-0.1, -0.05) is 6.42 Å². The molecule has 4 rings (SSSR count). The number of nitrogens with one attached hydrogen (secondary N) is 1. The maximum atomic E-state index is 12.6. The number of hydrogen-bond donors (Lipinski definition) is 1. The van der Waals surface area contributed by atoms with Crippen molar-refractivity contribution < 1.29 is 14.3 Å². The molecule has 0 aliphatic carbocycles. The van der Waals surface area contributed by atoms with Gasteiger partial charge in [0.05, 0.1) is 32.0 Å². The van der Waals surface area contributed by atoms with Crippen molar-refractivity contribution in [2.75, 3.05) is 27.3 Å². The molecule has 3 heterocycles. The third-order valence-electron chi connectivity index (χ3n) is 5.69. The van der Waals surface area contributed by atoms with E-state index >= 15 is 0 Å². The Morgan fingerprint density at radius 3 is 2.44 bits per heavy atom. The zero-order valence-corrected chi connectivity index (χ0v) is 16.3. The summed E-state index contributed by atoms with van der Waals surface area (Å²) < 4.78 is 13.1. The van der Waals surface area contributed by atoms with Gasteiger partial charge in [0.1, 0.15) is 0 Å². The number of amides is 1. The summed E-state index contributed by atoms with van der Waals surface area (Å²) in [6, 6.07) is 5.90. The van der Waals surface area contributed by atoms with Crippen LogP contribution in [0.2, 0.25) is 0 Å². The van der Waals surface area contributed by atoms with Gasteiger partial charge < -0.3 is 19.4 Å². The lowest BCUT2D eigenvalue weighted by Crippen LogP contribution is -2.29. The van der Waals surface area contributed by atoms with E-state index in [4.69, 9.17) is 9.47 Å². The van der Waals surface area contributed by atoms with E-state index in [0.29, 0.717) is 23.6 Å². The molecule has 1 amide bonds. The molecule has 1 fully saturated rings. The number of methoxy groups -OCH3 is 2. The molecule has 0 saturated carbocycles. The van der Waals surface area contributed by atoms with Gasteiger partial charge in [0, 0.05) is 24.0 Å². The van der Waals surface area contributed by atoms with Crippen LogP contribution in [0.25, 0.3) is 5.69 Å². The lowest BCUT2D eigenvalue weighted by molar-refractivity contribution is 0.0952. The second-order valence-corrected chi connectivity index (χ2v) is 7.33. The Balaban J connectivity index is 1.79. The lowest BCUT2D eigenvalue weighted by Gasteiger charge is -2.26. The van der Waals surface area contributed by atoms with Crippen LogP contribution in [0.5, 0.6) is 11.5 Å². The van der Waals surface area contributed by atoms with Crippen molar-refractivity contribution in [3.05, 3.63) is 40.7 Å². The van der Waals surface area contributed by atoms with Crippen molar-refractivity contribution in [2.24, 2.45) is 0 Å². The van der Waals surface area contributed by atoms with Crippen LogP contribution in [0.3, 0.4) is 0 Å². The highest BCUT2D eigenvalue weighted by molar-refractivity contribution is 5.99. The smallest absolute Gasteiger partial charge is 0.253 e. The quantitative estimate of drug-likeness (QED) is 0.900. The van der Waals surface area contributed by atoms with Crippen LogP contribution in [0.15, 0.2) is 18.2 Å². The first kappa shape index (κ1) is 17.9. The number of hydrogen-bond acceptors (Lipinski definition) is 4. The monoisotopic (exact) mass is 369 g/mol. The highest BCUT2D eigenvalue weighted by Crippen LogP contribution is 2.36. The zero-order valence-electron chi connectivity index (χ0n) is 16.3. The van der Waals surface area contributed by atoms with Crippen LogP contribution >= 0.6 is 0 Å². The summed E-state index contributed by atoms with van der Waals surface area (Å²) in [5.74, 6) is 1.10. The van der Waals surface area contributed by atoms with Gasteiger partial charge >= 0.3 is 0 Å². The average Bonchev–Trinajstić information content (AvgIpc) is 2.93. The maximum Gasteiger partial charge on any atom is 0.253 e. The van der Waals surface area contributed by atoms with Crippen LogP contribution < -0.4 is 14.8 Å². The molecule has 6 heteroatoms. The van der Waals surface area contributed by atoms with Crippen molar-refractivity contribution in [2.45, 2.75) is 39.3 Å². The Bertz CT molecular complexity index is 866. The first-order valence-corrected chi connectivity index (χ1v) is 9.59. The molecule has 6 nitrogen and oxygen atoms in total. The molecule has 2 aliphatic rings. The fraction of sp³-hybridized carbons (Fsp3) is 0.476. The Morgan fingerprint density at radius 1 is 1.04 bits per heavy atom. The summed E-state index contributed by atoms with van der Waals surface area (Å²) in [7, 11) is 3.20. The molecule has 144 valence electrons. The third-order valence-corrected chi connectivity index (χ3v) is 5.69. The second-order valence-electron chi connectivity index (χ2n) is 7.33. The molecule has 1 aromatic heterocycles. The number of piperidine rings is 1. The van der Waals surface area contributed by atoms with Crippen molar-refractivity contribution >= 4 is 5.91 Å². The van der Waals surface area contributed by atoms with E-state index in [0.717, 1.165) is 31.0 Å². The number of aromatic nitrogens is 1. The van der Waals surface area contributed by atoms with Gasteiger partial charge in [-0.15, -0.1) is 0 Å². The van der Waals surface area contributed by atoms with Crippen molar-refractivity contribution in [3.8, 4) is 17.2 Å². The fourth-order valence-electron chi connectivity index (χ4n) is 4.21. The summed E-state index contributed by atoms with van der Waals surface area (Å²) in [6.45, 7) is 5.94. The average molecular weight is 369 g/mol. The van der Waals surface area contributed by atoms with Gasteiger partial charge in [0.25, 0.3) is 5.91 Å². The second kappa shape index (κ2) is 7.27. The standard InChI is InChI=1S/C21H27N3O3/c1-14-15(13-23-7-5-4-6-8-23)9-16-12-22-21(25)17-10-19(26-2)20(27-3)11-18(17)24(14)16/h9-11H,4-8,12-13H2,1-3H3,(H,22,25). The molecule has 0 spiro atoms. The zero-order chi connectivity index (χ0) is 19.0. The van der Waals surface area contributed by atoms with Gasteiger partial charge in [-0.2, -0.15) is 0 Å². The molecule has 1 aromatic carbocycles. The first-order chi connectivity index (χ1) is 13.1. The number of fused-ring (bicyclic) bond motifs is 3. The molecule has 2 aromatic rings. The fourth-order valence-corrected chi connectivity index (χ4v) is 4.21. The number of carbonyl (C=O) groups is 1. The number of rotatable bonds is 4. The molecule has 1 N–H and O–H groups in total. The van der Waals surface area contributed by atoms with E-state index < -0.39 is 0 Å². The Hall–Kier alpha value is -2.47. The summed E-state index contributed by atoms with van der Waals surface area (Å²) in [5.41, 5.74) is 5.05. The van der Waals surface area contributed by atoms with Gasteiger partial charge in [0.15, 0.2) is 11.5 Å². The molecule has 1 saturated heterocycles. The highest BCUT2D eigenvalue weighted by atomic mass is 16.5. The SMILES string of the molecule is COc1cc2c(cc1OC)-n1c(cc(CN3CCCCC3)c1C)CNC2=O. The Labute approximate surface area is 160 Å². The number of benzene rings is 1. The predicted molar refractivity (Wildman–Crippen MR) is 104 cm³/mol. The minimum Gasteiger partial charge on any atom is -0.493 e. The van der Waals surface area contributed by atoms with E-state index in [2.05, 4.69) is 27.8 Å². The minimum absolute atomic E-state index is 0.0911. The molecule has 27 heavy (non-hydrogen) atoms. The highest BCUT2D eigenvalue weighted by Gasteiger charge is 2.26. The van der Waals surface area contributed by atoms with Crippen LogP contribution in [0, 0.1) is 6.92 Å². The Morgan fingerprint density at radius 2 is 1.74 bits per heavy atom. The van der Waals surface area contributed by atoms with Crippen LogP contribution in [-0.2, 0) is 13.1 Å². The van der Waals surface area contributed by atoms with Gasteiger partial charge in [-0.3, -0.25) is 9.69 Å². The molecule has 0 atom stereocenters. The molecule has 2 aliphatic heterocycles. The molecular weight excluding hydrogens is 342 g/mol. The molecule has 0 unspecified atom stereocenters. The number of likely N-dealkylation sites (tertiary alicyclic amines) is 1. The van der Waals surface area contributed by atoms with E-state index in [1.807, 2.05) is 6.07 Å². The van der Waals surface area contributed by atoms with Crippen molar-refractivity contribution in [1.29, 1.82) is 0 Å². The minimum atomic E-state index is -0.0911. The normalized spacial score (nSPS) is 16.9. The van der Waals surface area contributed by atoms with E-state index in [9.17, 15) is 4.79 Å². The van der Waals surface area contributed by atoms with Crippen LogP contribution in [0.4, 0.5) is 0 Å². The number of ether oxygens (including phenoxy) is 2. The third kappa shape index (κ3) is 3.18.